The molecule has 0 aromatic carbocycles. The fourth-order valence-electron chi connectivity index (χ4n) is 10.8. The van der Waals surface area contributed by atoms with Crippen molar-refractivity contribution in [3.8, 4) is 0 Å². The van der Waals surface area contributed by atoms with Crippen LogP contribution in [0.4, 0.5) is 0 Å². The Kier molecular flexibility index (Phi) is 14.9. The molecule has 4 bridgehead atoms. The molecule has 10 atom stereocenters. The van der Waals surface area contributed by atoms with Gasteiger partial charge in [-0.15, -0.1) is 0 Å². The Morgan fingerprint density at radius 3 is 1.30 bits per heavy atom. The molecule has 5 heterocycles. The normalized spacial score (nSPS) is 30.7. The lowest BCUT2D eigenvalue weighted by Gasteiger charge is -2.45. The molecular weight excluding hydrogens is 657 g/mol. The highest BCUT2D eigenvalue weighted by Gasteiger charge is 2.49. The maximum atomic E-state index is 6.53. The van der Waals surface area contributed by atoms with Crippen LogP contribution in [0.1, 0.15) is 135 Å². The molecule has 0 aromatic rings. The molecule has 5 aliphatic rings. The van der Waals surface area contributed by atoms with Crippen LogP contribution in [0.2, 0.25) is 0 Å². The van der Waals surface area contributed by atoms with Crippen molar-refractivity contribution in [2.75, 3.05) is 78.7 Å². The summed E-state index contributed by atoms with van der Waals surface area (Å²) in [5.41, 5.74) is 0.195. The minimum atomic E-state index is -0.0661. The van der Waals surface area contributed by atoms with E-state index in [1.54, 1.807) is 0 Å². The first-order chi connectivity index (χ1) is 24.7. The maximum absolute atomic E-state index is 6.53. The van der Waals surface area contributed by atoms with Crippen LogP contribution in [0, 0.1) is 17.8 Å². The van der Waals surface area contributed by atoms with Crippen molar-refractivity contribution >= 4 is 0 Å². The largest absolute Gasteiger partial charge is 0.375 e. The van der Waals surface area contributed by atoms with Crippen LogP contribution in [-0.4, -0.2) is 167 Å². The van der Waals surface area contributed by atoms with Crippen molar-refractivity contribution in [1.82, 2.24) is 29.4 Å². The second kappa shape index (κ2) is 18.1. The third kappa shape index (κ3) is 11.6. The van der Waals surface area contributed by atoms with Gasteiger partial charge in [0.2, 0.25) is 0 Å². The van der Waals surface area contributed by atoms with Gasteiger partial charge in [0.15, 0.2) is 0 Å². The lowest BCUT2D eigenvalue weighted by Crippen LogP contribution is -2.56. The first-order valence-corrected chi connectivity index (χ1v) is 22.5. The molecule has 5 fully saturated rings. The van der Waals surface area contributed by atoms with Crippen molar-refractivity contribution in [3.63, 3.8) is 0 Å². The molecule has 0 N–H and O–H groups in total. The molecule has 0 aromatic heterocycles. The predicted molar refractivity (Wildman–Crippen MR) is 224 cm³/mol. The Bertz CT molecular complexity index is 1110. The van der Waals surface area contributed by atoms with Gasteiger partial charge in [0.05, 0.1) is 24.4 Å². The van der Waals surface area contributed by atoms with Gasteiger partial charge >= 0.3 is 0 Å². The molecule has 0 saturated carbocycles. The number of fused-ring (bicyclic) bond motifs is 4. The number of ether oxygens (including phenoxy) is 2. The molecule has 0 aliphatic carbocycles. The first-order valence-electron chi connectivity index (χ1n) is 22.5. The molecule has 5 saturated heterocycles. The van der Waals surface area contributed by atoms with E-state index < -0.39 is 0 Å². The summed E-state index contributed by atoms with van der Waals surface area (Å²) in [5.74, 6) is 2.20. The number of rotatable bonds is 19. The Morgan fingerprint density at radius 1 is 0.509 bits per heavy atom. The predicted octanol–water partition coefficient (Wildman–Crippen LogP) is 7.16. The van der Waals surface area contributed by atoms with Crippen LogP contribution in [0.5, 0.6) is 0 Å². The van der Waals surface area contributed by atoms with Crippen LogP contribution >= 0.6 is 0 Å². The molecular formula is C45H88N6O2. The topological polar surface area (TPSA) is 37.9 Å². The lowest BCUT2D eigenvalue weighted by atomic mass is 9.88. The van der Waals surface area contributed by atoms with E-state index >= 15 is 0 Å². The Hall–Kier alpha value is -0.320. The van der Waals surface area contributed by atoms with Crippen molar-refractivity contribution in [3.05, 3.63) is 0 Å². The van der Waals surface area contributed by atoms with E-state index in [1.807, 2.05) is 0 Å². The summed E-state index contributed by atoms with van der Waals surface area (Å²) in [6.07, 6.45) is 7.84. The highest BCUT2D eigenvalue weighted by molar-refractivity contribution is 5.06. The van der Waals surface area contributed by atoms with Gasteiger partial charge in [0, 0.05) is 113 Å². The molecule has 0 radical (unpaired) electrons. The van der Waals surface area contributed by atoms with Crippen LogP contribution < -0.4 is 0 Å². The second-order valence-corrected chi connectivity index (χ2v) is 21.5. The third-order valence-electron chi connectivity index (χ3n) is 15.1. The number of piperazine rings is 3. The maximum Gasteiger partial charge on any atom is 0.0627 e. The van der Waals surface area contributed by atoms with Crippen molar-refractivity contribution in [1.29, 1.82) is 0 Å². The second-order valence-electron chi connectivity index (χ2n) is 21.5. The number of nitrogens with zero attached hydrogens (tertiary/aromatic N) is 6. The van der Waals surface area contributed by atoms with E-state index in [2.05, 4.69) is 126 Å². The fraction of sp³-hybridized carbons (Fsp3) is 1.00. The van der Waals surface area contributed by atoms with Crippen LogP contribution in [0.15, 0.2) is 0 Å². The highest BCUT2D eigenvalue weighted by Crippen LogP contribution is 2.40. The quantitative estimate of drug-likeness (QED) is 0.138. The summed E-state index contributed by atoms with van der Waals surface area (Å²) in [6, 6.07) is 5.03. The van der Waals surface area contributed by atoms with E-state index in [1.165, 1.54) is 58.3 Å². The van der Waals surface area contributed by atoms with Crippen molar-refractivity contribution < 1.29 is 9.47 Å². The summed E-state index contributed by atoms with van der Waals surface area (Å²) in [5, 5.41) is 0. The van der Waals surface area contributed by atoms with Gasteiger partial charge in [0.25, 0.3) is 0 Å². The summed E-state index contributed by atoms with van der Waals surface area (Å²) >= 11 is 0. The highest BCUT2D eigenvalue weighted by atomic mass is 16.5. The molecule has 310 valence electrons. The lowest BCUT2D eigenvalue weighted by molar-refractivity contribution is -0.0438. The number of hydrogen-bond acceptors (Lipinski definition) is 8. The SMILES string of the molecule is C[C@H]([C@@H](C)CC[C@H](C)[C@@H](C)N1C[C@@H]2C[C@H]1CN2C(C)(C)C)N1C[C@H]2C[C@@H]1CN2[C@H](C)[C@@H](C)CCC(C)(C)OCCN1CCN(CCOC(C)(C)C)CC1. The molecule has 8 nitrogen and oxygen atoms in total. The molecule has 0 spiro atoms. The molecule has 0 unspecified atom stereocenters. The minimum absolute atomic E-state index is 0.0452. The molecule has 8 heteroatoms. The molecule has 5 aliphatic heterocycles. The van der Waals surface area contributed by atoms with E-state index in [0.717, 1.165) is 94.9 Å². The average Bonchev–Trinajstić information content (AvgIpc) is 3.90. The third-order valence-corrected chi connectivity index (χ3v) is 15.1. The van der Waals surface area contributed by atoms with Gasteiger partial charge in [0.1, 0.15) is 0 Å². The summed E-state index contributed by atoms with van der Waals surface area (Å²) in [4.78, 5) is 16.6. The van der Waals surface area contributed by atoms with Gasteiger partial charge in [-0.25, -0.2) is 0 Å². The number of likely N-dealkylation sites (tertiary alicyclic amines) is 4. The zero-order valence-corrected chi connectivity index (χ0v) is 37.5. The van der Waals surface area contributed by atoms with Crippen molar-refractivity contribution in [2.45, 2.75) is 194 Å². The van der Waals surface area contributed by atoms with E-state index in [4.69, 9.17) is 9.47 Å². The first kappa shape index (κ1) is 43.8. The Balaban J connectivity index is 0.952. The van der Waals surface area contributed by atoms with Gasteiger partial charge in [-0.2, -0.15) is 0 Å². The Labute approximate surface area is 329 Å². The van der Waals surface area contributed by atoms with Crippen LogP contribution in [0.3, 0.4) is 0 Å². The minimum Gasteiger partial charge on any atom is -0.375 e. The zero-order valence-electron chi connectivity index (χ0n) is 37.5. The van der Waals surface area contributed by atoms with Crippen molar-refractivity contribution in [2.24, 2.45) is 17.8 Å². The van der Waals surface area contributed by atoms with Gasteiger partial charge in [-0.3, -0.25) is 29.4 Å². The van der Waals surface area contributed by atoms with E-state index in [-0.39, 0.29) is 11.2 Å². The zero-order chi connectivity index (χ0) is 38.9. The number of hydrogen-bond donors (Lipinski definition) is 0. The summed E-state index contributed by atoms with van der Waals surface area (Å²) in [6.45, 7) is 46.8. The Morgan fingerprint density at radius 2 is 0.906 bits per heavy atom. The van der Waals surface area contributed by atoms with Gasteiger partial charge < -0.3 is 9.47 Å². The summed E-state index contributed by atoms with van der Waals surface area (Å²) in [7, 11) is 0. The monoisotopic (exact) mass is 745 g/mol. The smallest absolute Gasteiger partial charge is 0.0627 e. The molecule has 0 amide bonds. The van der Waals surface area contributed by atoms with Crippen LogP contribution in [0.25, 0.3) is 0 Å². The van der Waals surface area contributed by atoms with E-state index in [9.17, 15) is 0 Å². The average molecular weight is 745 g/mol. The standard InChI is InChI=1S/C45H88N6O2/c1-33(15-16-34(2)37(5)50-31-42-28-41(50)32-51(42)43(7,8)9)36(4)48-29-40-27-39(48)30-49(40)38(6)35(3)17-18-45(13,14)53-26-24-47-21-19-46(20-22-47)23-25-52-44(10,11)12/h33-42H,15-32H2,1-14H3/t33-,34-,35-,36+,37+,38+,39+,40+,41-,42-/m0/s1. The molecule has 53 heavy (non-hydrogen) atoms. The fourth-order valence-corrected chi connectivity index (χ4v) is 10.8. The van der Waals surface area contributed by atoms with Crippen LogP contribution in [-0.2, 0) is 9.47 Å². The van der Waals surface area contributed by atoms with Gasteiger partial charge in [-0.05, 0) is 132 Å². The van der Waals surface area contributed by atoms with E-state index in [0.29, 0.717) is 29.6 Å². The molecule has 5 rings (SSSR count). The van der Waals surface area contributed by atoms with Gasteiger partial charge in [-0.1, -0.05) is 20.8 Å². The summed E-state index contributed by atoms with van der Waals surface area (Å²) < 4.78 is 12.5.